The number of nitrogens with one attached hydrogen (secondary N) is 2. The van der Waals surface area contributed by atoms with Gasteiger partial charge >= 0.3 is 6.03 Å². The van der Waals surface area contributed by atoms with Gasteiger partial charge in [-0.2, -0.15) is 0 Å². The first-order chi connectivity index (χ1) is 13.2. The Morgan fingerprint density at radius 2 is 1.93 bits per heavy atom. The number of carbonyl (C=O) groups is 1. The van der Waals surface area contributed by atoms with E-state index in [1.165, 1.54) is 0 Å². The van der Waals surface area contributed by atoms with E-state index in [-0.39, 0.29) is 6.03 Å². The number of hydrogen-bond acceptors (Lipinski definition) is 3. The van der Waals surface area contributed by atoms with E-state index in [1.54, 1.807) is 7.11 Å². The highest BCUT2D eigenvalue weighted by atomic mass is 16.5. The molecule has 140 valence electrons. The summed E-state index contributed by atoms with van der Waals surface area (Å²) in [5.74, 6) is 1.82. The van der Waals surface area contributed by atoms with Crippen LogP contribution in [-0.2, 0) is 0 Å². The largest absolute Gasteiger partial charge is 0.494 e. The summed E-state index contributed by atoms with van der Waals surface area (Å²) in [7, 11) is 1.63. The first kappa shape index (κ1) is 17.4. The molecule has 0 unspecified atom stereocenters. The molecule has 2 aromatic carbocycles. The molecule has 2 amide bonds. The number of hydrogen-bond donors (Lipinski definition) is 2. The molecule has 1 aliphatic heterocycles. The van der Waals surface area contributed by atoms with Crippen molar-refractivity contribution in [3.8, 4) is 16.9 Å². The van der Waals surface area contributed by atoms with Gasteiger partial charge in [-0.25, -0.2) is 9.78 Å². The van der Waals surface area contributed by atoms with Gasteiger partial charge in [0.2, 0.25) is 5.95 Å². The summed E-state index contributed by atoms with van der Waals surface area (Å²) in [5, 5.41) is 2.91. The molecule has 0 spiro atoms. The molecule has 0 radical (unpaired) electrons. The molecule has 0 bridgehead atoms. The number of amides is 2. The fourth-order valence-corrected chi connectivity index (χ4v) is 3.54. The molecule has 2 N–H and O–H groups in total. The Labute approximate surface area is 158 Å². The third-order valence-corrected chi connectivity index (χ3v) is 5.21. The van der Waals surface area contributed by atoms with Crippen LogP contribution in [0.4, 0.5) is 10.7 Å². The molecule has 6 nitrogen and oxygen atoms in total. The number of aromatic amines is 1. The first-order valence-electron chi connectivity index (χ1n) is 9.33. The fraction of sp³-hybridized carbons (Fsp3) is 0.333. The van der Waals surface area contributed by atoms with Crippen LogP contribution in [0.15, 0.2) is 42.5 Å². The Morgan fingerprint density at radius 3 is 2.63 bits per heavy atom. The van der Waals surface area contributed by atoms with Gasteiger partial charge in [0.15, 0.2) is 0 Å². The Morgan fingerprint density at radius 1 is 1.19 bits per heavy atom. The van der Waals surface area contributed by atoms with Crippen LogP contribution in [0, 0.1) is 5.92 Å². The number of likely N-dealkylation sites (tertiary alicyclic amines) is 1. The maximum absolute atomic E-state index is 12.6. The lowest BCUT2D eigenvalue weighted by molar-refractivity contribution is 0.186. The first-order valence-corrected chi connectivity index (χ1v) is 9.33. The maximum Gasteiger partial charge on any atom is 0.324 e. The van der Waals surface area contributed by atoms with E-state index in [0.29, 0.717) is 17.6 Å². The van der Waals surface area contributed by atoms with Crippen LogP contribution in [-0.4, -0.2) is 41.1 Å². The predicted molar refractivity (Wildman–Crippen MR) is 107 cm³/mol. The number of carbonyl (C=O) groups excluding carboxylic acids is 1. The van der Waals surface area contributed by atoms with Gasteiger partial charge in [0.1, 0.15) is 16.8 Å². The molecule has 1 aromatic heterocycles. The summed E-state index contributed by atoms with van der Waals surface area (Å²) in [4.78, 5) is 22.3. The van der Waals surface area contributed by atoms with Crippen LogP contribution in [0.2, 0.25) is 0 Å². The number of anilines is 1. The zero-order valence-corrected chi connectivity index (χ0v) is 15.7. The number of H-pyrrole nitrogens is 1. The molecule has 1 fully saturated rings. The number of rotatable bonds is 3. The molecule has 4 rings (SSSR count). The van der Waals surface area contributed by atoms with E-state index >= 15 is 0 Å². The van der Waals surface area contributed by atoms with Crippen molar-refractivity contribution >= 4 is 23.0 Å². The van der Waals surface area contributed by atoms with Gasteiger partial charge in [-0.05, 0) is 36.5 Å². The summed E-state index contributed by atoms with van der Waals surface area (Å²) in [6, 6.07) is 13.9. The Hall–Kier alpha value is -3.02. The van der Waals surface area contributed by atoms with Crippen molar-refractivity contribution in [2.24, 2.45) is 5.92 Å². The predicted octanol–water partition coefficient (Wildman–Crippen LogP) is 4.50. The second-order valence-corrected chi connectivity index (χ2v) is 7.09. The number of ether oxygens (including phenoxy) is 1. The van der Waals surface area contributed by atoms with Gasteiger partial charge in [0.05, 0.1) is 7.11 Å². The van der Waals surface area contributed by atoms with Crippen LogP contribution in [0.3, 0.4) is 0 Å². The number of fused-ring (bicyclic) bond motifs is 1. The number of imidazole rings is 1. The van der Waals surface area contributed by atoms with Crippen molar-refractivity contribution in [1.29, 1.82) is 0 Å². The maximum atomic E-state index is 12.6. The highest BCUT2D eigenvalue weighted by molar-refractivity contribution is 5.98. The Balaban J connectivity index is 1.65. The van der Waals surface area contributed by atoms with Crippen LogP contribution in [0.5, 0.6) is 5.75 Å². The standard InChI is InChI=1S/C21H24N4O2/c1-14-10-12-25(13-11-14)21(26)24-20-22-18-16(15-6-4-3-5-7-15)8-9-17(27-2)19(18)23-20/h3-9,14H,10-13H2,1-2H3,(H2,22,23,24,26). The summed E-state index contributed by atoms with van der Waals surface area (Å²) < 4.78 is 5.47. The van der Waals surface area contributed by atoms with E-state index in [4.69, 9.17) is 4.74 Å². The van der Waals surface area contributed by atoms with Crippen LogP contribution in [0.1, 0.15) is 19.8 Å². The second-order valence-electron chi connectivity index (χ2n) is 7.09. The van der Waals surface area contributed by atoms with Gasteiger partial charge in [0.25, 0.3) is 0 Å². The molecular formula is C21H24N4O2. The molecular weight excluding hydrogens is 340 g/mol. The molecule has 1 saturated heterocycles. The number of urea groups is 1. The third-order valence-electron chi connectivity index (χ3n) is 5.21. The molecule has 6 heteroatoms. The van der Waals surface area contributed by atoms with E-state index < -0.39 is 0 Å². The van der Waals surface area contributed by atoms with Crippen molar-refractivity contribution in [3.05, 3.63) is 42.5 Å². The molecule has 1 aliphatic rings. The number of aromatic nitrogens is 2. The SMILES string of the molecule is COc1ccc(-c2ccccc2)c2nc(NC(=O)N3CCC(C)CC3)[nH]c12. The third kappa shape index (κ3) is 3.47. The van der Waals surface area contributed by atoms with Crippen molar-refractivity contribution < 1.29 is 9.53 Å². The van der Waals surface area contributed by atoms with E-state index in [0.717, 1.165) is 48.1 Å². The van der Waals surface area contributed by atoms with E-state index in [9.17, 15) is 4.79 Å². The molecule has 0 aliphatic carbocycles. The lowest BCUT2D eigenvalue weighted by atomic mass is 10.00. The Kier molecular flexibility index (Phi) is 4.71. The molecule has 27 heavy (non-hydrogen) atoms. The van der Waals surface area contributed by atoms with Crippen LogP contribution < -0.4 is 10.1 Å². The highest BCUT2D eigenvalue weighted by Crippen LogP contribution is 2.33. The second kappa shape index (κ2) is 7.31. The van der Waals surface area contributed by atoms with Gasteiger partial charge in [-0.3, -0.25) is 5.32 Å². The molecule has 2 heterocycles. The minimum atomic E-state index is -0.110. The summed E-state index contributed by atoms with van der Waals surface area (Å²) in [6.45, 7) is 3.80. The molecule has 0 atom stereocenters. The average Bonchev–Trinajstić information content (AvgIpc) is 3.11. The number of piperidine rings is 1. The lowest BCUT2D eigenvalue weighted by Gasteiger charge is -2.29. The van der Waals surface area contributed by atoms with E-state index in [1.807, 2.05) is 47.4 Å². The van der Waals surface area contributed by atoms with Crippen molar-refractivity contribution in [2.75, 3.05) is 25.5 Å². The van der Waals surface area contributed by atoms with Crippen LogP contribution >= 0.6 is 0 Å². The number of benzene rings is 2. The topological polar surface area (TPSA) is 70.2 Å². The van der Waals surface area contributed by atoms with Crippen molar-refractivity contribution in [1.82, 2.24) is 14.9 Å². The average molecular weight is 364 g/mol. The zero-order chi connectivity index (χ0) is 18.8. The normalized spacial score (nSPS) is 15.1. The minimum Gasteiger partial charge on any atom is -0.494 e. The zero-order valence-electron chi connectivity index (χ0n) is 15.7. The van der Waals surface area contributed by atoms with E-state index in [2.05, 4.69) is 22.2 Å². The smallest absolute Gasteiger partial charge is 0.324 e. The summed E-state index contributed by atoms with van der Waals surface area (Å²) in [5.41, 5.74) is 3.62. The summed E-state index contributed by atoms with van der Waals surface area (Å²) >= 11 is 0. The van der Waals surface area contributed by atoms with Gasteiger partial charge in [-0.1, -0.05) is 37.3 Å². The minimum absolute atomic E-state index is 0.110. The molecule has 3 aromatic rings. The monoisotopic (exact) mass is 364 g/mol. The molecule has 0 saturated carbocycles. The fourth-order valence-electron chi connectivity index (χ4n) is 3.54. The van der Waals surface area contributed by atoms with Gasteiger partial charge < -0.3 is 14.6 Å². The quantitative estimate of drug-likeness (QED) is 0.719. The van der Waals surface area contributed by atoms with Gasteiger partial charge in [0, 0.05) is 18.7 Å². The number of nitrogens with zero attached hydrogens (tertiary/aromatic N) is 2. The Bertz CT molecular complexity index is 943. The van der Waals surface area contributed by atoms with Crippen molar-refractivity contribution in [3.63, 3.8) is 0 Å². The summed E-state index contributed by atoms with van der Waals surface area (Å²) in [6.07, 6.45) is 2.08. The van der Waals surface area contributed by atoms with Crippen LogP contribution in [0.25, 0.3) is 22.2 Å². The number of methoxy groups -OCH3 is 1. The van der Waals surface area contributed by atoms with Crippen molar-refractivity contribution in [2.45, 2.75) is 19.8 Å². The van der Waals surface area contributed by atoms with Gasteiger partial charge in [-0.15, -0.1) is 0 Å². The lowest BCUT2D eigenvalue weighted by Crippen LogP contribution is -2.40. The highest BCUT2D eigenvalue weighted by Gasteiger charge is 2.22.